The van der Waals surface area contributed by atoms with Crippen molar-refractivity contribution in [3.63, 3.8) is 0 Å². The van der Waals surface area contributed by atoms with Crippen LogP contribution in [0.5, 0.6) is 11.5 Å². The number of ether oxygens (including phenoxy) is 2. The third-order valence-corrected chi connectivity index (χ3v) is 6.33. The lowest BCUT2D eigenvalue weighted by atomic mass is 10.1. The molecule has 0 amide bonds. The number of carbonyl (C=O) groups excluding carboxylic acids is 1. The summed E-state index contributed by atoms with van der Waals surface area (Å²) in [5.41, 5.74) is 5.16. The number of unbranched alkanes of at least 4 members (excludes halogenated alkanes) is 1. The highest BCUT2D eigenvalue weighted by molar-refractivity contribution is 8.14. The van der Waals surface area contributed by atoms with Crippen molar-refractivity contribution in [1.29, 1.82) is 0 Å². The van der Waals surface area contributed by atoms with Crippen molar-refractivity contribution in [3.8, 4) is 11.5 Å². The molecule has 9 heteroatoms. The molecular weight excluding hydrogens is 428 g/mol. The van der Waals surface area contributed by atoms with Crippen LogP contribution in [0.1, 0.15) is 45.1 Å². The molecule has 8 nitrogen and oxygen atoms in total. The Bertz CT molecular complexity index is 747. The van der Waals surface area contributed by atoms with E-state index >= 15 is 0 Å². The summed E-state index contributed by atoms with van der Waals surface area (Å²) in [6.07, 6.45) is 4.10. The van der Waals surface area contributed by atoms with Gasteiger partial charge in [-0.05, 0) is 84.4 Å². The van der Waals surface area contributed by atoms with Gasteiger partial charge in [-0.1, -0.05) is 0 Å². The molecule has 0 aromatic heterocycles. The molecule has 0 saturated carbocycles. The van der Waals surface area contributed by atoms with Crippen LogP contribution >= 0.6 is 11.8 Å². The molecule has 0 fully saturated rings. The number of phenols is 1. The number of esters is 1. The smallest absolute Gasteiger partial charge is 0.334 e. The fourth-order valence-electron chi connectivity index (χ4n) is 3.17. The van der Waals surface area contributed by atoms with E-state index in [1.807, 2.05) is 6.07 Å². The lowest BCUT2D eigenvalue weighted by molar-refractivity contribution is -0.147. The van der Waals surface area contributed by atoms with Gasteiger partial charge in [0.2, 0.25) is 0 Å². The van der Waals surface area contributed by atoms with E-state index in [4.69, 9.17) is 15.2 Å². The zero-order valence-corrected chi connectivity index (χ0v) is 20.1. The highest BCUT2D eigenvalue weighted by Crippen LogP contribution is 2.36. The van der Waals surface area contributed by atoms with Crippen LogP contribution in [0, 0.1) is 0 Å². The molecule has 0 aliphatic carbocycles. The van der Waals surface area contributed by atoms with Gasteiger partial charge in [0, 0.05) is 17.4 Å². The molecule has 0 unspecified atom stereocenters. The molecule has 0 radical (unpaired) electrons. The SMILES string of the molecule is CCOC(=O)[C@@]1(C)CSC(c2ccc(OCCCCNCCCNCCCN)cc2O)=N1. The van der Waals surface area contributed by atoms with Crippen molar-refractivity contribution in [2.75, 3.05) is 51.7 Å². The van der Waals surface area contributed by atoms with E-state index in [0.717, 1.165) is 58.4 Å². The quantitative estimate of drug-likeness (QED) is 0.216. The van der Waals surface area contributed by atoms with Crippen molar-refractivity contribution in [2.24, 2.45) is 10.7 Å². The van der Waals surface area contributed by atoms with Crippen molar-refractivity contribution in [1.82, 2.24) is 10.6 Å². The van der Waals surface area contributed by atoms with E-state index in [2.05, 4.69) is 15.6 Å². The van der Waals surface area contributed by atoms with Gasteiger partial charge in [0.1, 0.15) is 16.5 Å². The molecule has 1 aromatic carbocycles. The molecule has 0 spiro atoms. The first-order valence-electron chi connectivity index (χ1n) is 11.5. The van der Waals surface area contributed by atoms with Gasteiger partial charge >= 0.3 is 5.97 Å². The van der Waals surface area contributed by atoms with Gasteiger partial charge in [-0.3, -0.25) is 4.99 Å². The molecule has 1 heterocycles. The van der Waals surface area contributed by atoms with Crippen LogP contribution in [0.4, 0.5) is 0 Å². The van der Waals surface area contributed by atoms with Crippen molar-refractivity contribution < 1.29 is 19.4 Å². The molecule has 1 aliphatic rings. The van der Waals surface area contributed by atoms with Crippen LogP contribution in [-0.4, -0.2) is 73.3 Å². The van der Waals surface area contributed by atoms with Crippen LogP contribution in [0.25, 0.3) is 0 Å². The Kier molecular flexibility index (Phi) is 11.9. The first-order chi connectivity index (χ1) is 15.5. The van der Waals surface area contributed by atoms with Crippen LogP contribution in [0.2, 0.25) is 0 Å². The molecule has 32 heavy (non-hydrogen) atoms. The van der Waals surface area contributed by atoms with Crippen LogP contribution in [0.15, 0.2) is 23.2 Å². The standard InChI is InChI=1S/C23H38N4O4S/c1-3-30-22(29)23(2)17-32-21(27-23)19-9-8-18(16-20(19)28)31-15-5-4-11-25-13-7-14-26-12-6-10-24/h8-9,16,25-26,28H,3-7,10-15,17,24H2,1-2H3/t23-/m1/s1. The van der Waals surface area contributed by atoms with Crippen LogP contribution in [-0.2, 0) is 9.53 Å². The third kappa shape index (κ3) is 8.61. The molecular formula is C23H38N4O4S. The van der Waals surface area contributed by atoms with Gasteiger partial charge in [-0.25, -0.2) is 4.79 Å². The lowest BCUT2D eigenvalue weighted by Crippen LogP contribution is -2.35. The van der Waals surface area contributed by atoms with Crippen LogP contribution in [0.3, 0.4) is 0 Å². The number of aliphatic imine (C=N–C) groups is 1. The van der Waals surface area contributed by atoms with Gasteiger partial charge in [-0.2, -0.15) is 0 Å². The molecule has 1 atom stereocenters. The van der Waals surface area contributed by atoms with Gasteiger partial charge in [0.15, 0.2) is 5.54 Å². The minimum absolute atomic E-state index is 0.101. The topological polar surface area (TPSA) is 118 Å². The second-order valence-electron chi connectivity index (χ2n) is 7.93. The van der Waals surface area contributed by atoms with Crippen LogP contribution < -0.4 is 21.1 Å². The van der Waals surface area contributed by atoms with Gasteiger partial charge < -0.3 is 30.9 Å². The zero-order valence-electron chi connectivity index (χ0n) is 19.3. The van der Waals surface area contributed by atoms with Crippen molar-refractivity contribution in [3.05, 3.63) is 23.8 Å². The summed E-state index contributed by atoms with van der Waals surface area (Å²) in [6, 6.07) is 5.22. The van der Waals surface area contributed by atoms with E-state index in [1.165, 1.54) is 11.8 Å². The average molecular weight is 467 g/mol. The number of hydrogen-bond donors (Lipinski definition) is 4. The predicted molar refractivity (Wildman–Crippen MR) is 131 cm³/mol. The number of benzene rings is 1. The lowest BCUT2D eigenvalue weighted by Gasteiger charge is -2.16. The Morgan fingerprint density at radius 1 is 1.19 bits per heavy atom. The summed E-state index contributed by atoms with van der Waals surface area (Å²) < 4.78 is 10.9. The van der Waals surface area contributed by atoms with E-state index in [1.54, 1.807) is 26.0 Å². The first kappa shape index (κ1) is 26.4. The monoisotopic (exact) mass is 466 g/mol. The number of rotatable bonds is 16. The number of nitrogens with two attached hydrogens (primary N) is 1. The summed E-state index contributed by atoms with van der Waals surface area (Å²) in [5, 5.41) is 17.9. The largest absolute Gasteiger partial charge is 0.507 e. The van der Waals surface area contributed by atoms with Gasteiger partial charge in [-0.15, -0.1) is 11.8 Å². The minimum atomic E-state index is -0.910. The molecule has 1 aliphatic heterocycles. The highest BCUT2D eigenvalue weighted by Gasteiger charge is 2.40. The predicted octanol–water partition coefficient (Wildman–Crippen LogP) is 2.28. The highest BCUT2D eigenvalue weighted by atomic mass is 32.2. The number of nitrogens with zero attached hydrogens (tertiary/aromatic N) is 1. The summed E-state index contributed by atoms with van der Waals surface area (Å²) in [6.45, 7) is 9.17. The number of aromatic hydroxyl groups is 1. The number of carbonyl (C=O) groups is 1. The second-order valence-corrected chi connectivity index (χ2v) is 8.89. The van der Waals surface area contributed by atoms with Gasteiger partial charge in [0.25, 0.3) is 0 Å². The summed E-state index contributed by atoms with van der Waals surface area (Å²) in [5.74, 6) is 0.885. The first-order valence-corrected chi connectivity index (χ1v) is 12.5. The maximum absolute atomic E-state index is 12.1. The molecule has 2 rings (SSSR count). The number of nitrogens with one attached hydrogen (secondary N) is 2. The Balaban J connectivity index is 1.66. The summed E-state index contributed by atoms with van der Waals surface area (Å²) in [7, 11) is 0. The summed E-state index contributed by atoms with van der Waals surface area (Å²) in [4.78, 5) is 16.7. The number of thioether (sulfide) groups is 1. The number of phenolic OH excluding ortho intramolecular Hbond substituents is 1. The normalized spacial score (nSPS) is 17.9. The Labute approximate surface area is 195 Å². The molecule has 180 valence electrons. The Morgan fingerprint density at radius 3 is 2.59 bits per heavy atom. The minimum Gasteiger partial charge on any atom is -0.507 e. The van der Waals surface area contributed by atoms with E-state index < -0.39 is 5.54 Å². The Morgan fingerprint density at radius 2 is 1.91 bits per heavy atom. The molecule has 0 bridgehead atoms. The van der Waals surface area contributed by atoms with Gasteiger partial charge in [0.05, 0.1) is 13.2 Å². The summed E-state index contributed by atoms with van der Waals surface area (Å²) >= 11 is 1.45. The van der Waals surface area contributed by atoms with Crippen molar-refractivity contribution in [2.45, 2.75) is 45.1 Å². The fraction of sp³-hybridized carbons (Fsp3) is 0.652. The van der Waals surface area contributed by atoms with E-state index in [0.29, 0.717) is 35.3 Å². The molecule has 1 aromatic rings. The van der Waals surface area contributed by atoms with E-state index in [-0.39, 0.29) is 11.7 Å². The van der Waals surface area contributed by atoms with Crippen molar-refractivity contribution >= 4 is 22.8 Å². The zero-order chi connectivity index (χ0) is 23.2. The average Bonchev–Trinajstić information content (AvgIpc) is 3.18. The maximum Gasteiger partial charge on any atom is 0.334 e. The Hall–Kier alpha value is -1.81. The number of hydrogen-bond acceptors (Lipinski definition) is 9. The molecule has 0 saturated heterocycles. The fourth-order valence-corrected chi connectivity index (χ4v) is 4.36. The molecule has 5 N–H and O–H groups in total. The maximum atomic E-state index is 12.1. The van der Waals surface area contributed by atoms with E-state index in [9.17, 15) is 9.90 Å². The second kappa shape index (κ2) is 14.4. The third-order valence-electron chi connectivity index (χ3n) is 5.03.